The third-order valence-electron chi connectivity index (χ3n) is 5.35. The second kappa shape index (κ2) is 17.1. The molecule has 4 amide bonds. The van der Waals surface area contributed by atoms with Gasteiger partial charge in [0, 0.05) is 6.54 Å². The number of carboxylic acids is 1. The highest BCUT2D eigenvalue weighted by atomic mass is 16.4. The number of nitrogens with zero attached hydrogens (tertiary/aromatic N) is 1. The minimum atomic E-state index is -1.24. The van der Waals surface area contributed by atoms with Gasteiger partial charge in [-0.25, -0.2) is 4.79 Å². The Morgan fingerprint density at radius 3 is 2.03 bits per heavy atom. The minimum Gasteiger partial charge on any atom is -0.480 e. The van der Waals surface area contributed by atoms with E-state index in [4.69, 9.17) is 17.2 Å². The zero-order valence-electron chi connectivity index (χ0n) is 21.5. The van der Waals surface area contributed by atoms with Gasteiger partial charge < -0.3 is 43.6 Å². The van der Waals surface area contributed by atoms with E-state index < -0.39 is 60.8 Å². The minimum absolute atomic E-state index is 0.0661. The number of hydrogen-bond acceptors (Lipinski definition) is 7. The second-order valence-electron chi connectivity index (χ2n) is 9.00. The van der Waals surface area contributed by atoms with Gasteiger partial charge in [0.05, 0.1) is 19.1 Å². The Morgan fingerprint density at radius 1 is 0.889 bits per heavy atom. The van der Waals surface area contributed by atoms with Gasteiger partial charge in [-0.05, 0) is 31.1 Å². The van der Waals surface area contributed by atoms with Crippen molar-refractivity contribution in [2.45, 2.75) is 71.5 Å². The van der Waals surface area contributed by atoms with Crippen LogP contribution in [0.2, 0.25) is 0 Å². The van der Waals surface area contributed by atoms with E-state index >= 15 is 0 Å². The summed E-state index contributed by atoms with van der Waals surface area (Å²) in [6.07, 6.45) is 1.46. The molecule has 0 fully saturated rings. The molecule has 0 aliphatic rings. The first-order valence-corrected chi connectivity index (χ1v) is 12.0. The van der Waals surface area contributed by atoms with Crippen LogP contribution in [0.4, 0.5) is 0 Å². The van der Waals surface area contributed by atoms with Crippen LogP contribution in [0.15, 0.2) is 4.99 Å². The van der Waals surface area contributed by atoms with Crippen LogP contribution in [-0.4, -0.2) is 78.4 Å². The van der Waals surface area contributed by atoms with Crippen LogP contribution in [-0.2, 0) is 24.0 Å². The van der Waals surface area contributed by atoms with Gasteiger partial charge in [-0.1, -0.05) is 34.1 Å². The SMILES string of the molecule is CC[C@H](C)[C@H](N)C(=O)N[C@@H](CC(C)C)C(=O)NCC(=O)NCC(=O)N[C@@H](CCCN=C(N)N)C(=O)O. The van der Waals surface area contributed by atoms with Gasteiger partial charge in [0.25, 0.3) is 0 Å². The highest BCUT2D eigenvalue weighted by Crippen LogP contribution is 2.09. The first-order valence-electron chi connectivity index (χ1n) is 12.0. The molecule has 0 aliphatic carbocycles. The summed E-state index contributed by atoms with van der Waals surface area (Å²) in [5, 5.41) is 18.9. The third kappa shape index (κ3) is 14.1. The Kier molecular flexibility index (Phi) is 15.5. The number of guanidine groups is 1. The lowest BCUT2D eigenvalue weighted by molar-refractivity contribution is -0.142. The molecular weight excluding hydrogens is 472 g/mol. The van der Waals surface area contributed by atoms with E-state index in [1.54, 1.807) is 0 Å². The van der Waals surface area contributed by atoms with Crippen molar-refractivity contribution in [3.63, 3.8) is 0 Å². The Balaban J connectivity index is 4.68. The molecular formula is C22H42N8O6. The number of nitrogens with one attached hydrogen (secondary N) is 4. The number of carbonyl (C=O) groups is 5. The summed E-state index contributed by atoms with van der Waals surface area (Å²) in [7, 11) is 0. The number of aliphatic carboxylic acids is 1. The molecule has 14 nitrogen and oxygen atoms in total. The highest BCUT2D eigenvalue weighted by Gasteiger charge is 2.27. The lowest BCUT2D eigenvalue weighted by Crippen LogP contribution is -2.54. The number of amides is 4. The van der Waals surface area contributed by atoms with Gasteiger partial charge in [0.2, 0.25) is 23.6 Å². The van der Waals surface area contributed by atoms with Gasteiger partial charge >= 0.3 is 5.97 Å². The van der Waals surface area contributed by atoms with E-state index in [0.717, 1.165) is 0 Å². The van der Waals surface area contributed by atoms with E-state index in [1.165, 1.54) is 0 Å². The van der Waals surface area contributed by atoms with Gasteiger partial charge in [-0.2, -0.15) is 0 Å². The molecule has 11 N–H and O–H groups in total. The number of hydrogen-bond donors (Lipinski definition) is 8. The first kappa shape index (κ1) is 32.6. The van der Waals surface area contributed by atoms with Crippen LogP contribution >= 0.6 is 0 Å². The molecule has 36 heavy (non-hydrogen) atoms. The summed E-state index contributed by atoms with van der Waals surface area (Å²) in [6, 6.07) is -2.81. The largest absolute Gasteiger partial charge is 0.480 e. The summed E-state index contributed by atoms with van der Waals surface area (Å²) in [4.78, 5) is 64.2. The lowest BCUT2D eigenvalue weighted by atomic mass is 9.98. The zero-order valence-corrected chi connectivity index (χ0v) is 21.5. The maximum Gasteiger partial charge on any atom is 0.326 e. The zero-order chi connectivity index (χ0) is 27.8. The predicted molar refractivity (Wildman–Crippen MR) is 134 cm³/mol. The van der Waals surface area contributed by atoms with Crippen molar-refractivity contribution < 1.29 is 29.1 Å². The number of nitrogens with two attached hydrogens (primary N) is 3. The van der Waals surface area contributed by atoms with E-state index in [2.05, 4.69) is 26.3 Å². The molecule has 0 saturated heterocycles. The van der Waals surface area contributed by atoms with Crippen molar-refractivity contribution in [2.24, 2.45) is 34.0 Å². The summed E-state index contributed by atoms with van der Waals surface area (Å²) < 4.78 is 0. The Labute approximate surface area is 211 Å². The van der Waals surface area contributed by atoms with Crippen molar-refractivity contribution in [3.8, 4) is 0 Å². The first-order chi connectivity index (χ1) is 16.8. The fourth-order valence-electron chi connectivity index (χ4n) is 3.02. The van der Waals surface area contributed by atoms with Crippen LogP contribution in [0.1, 0.15) is 53.4 Å². The van der Waals surface area contributed by atoms with Gasteiger partial charge in [0.1, 0.15) is 12.1 Å². The fourth-order valence-corrected chi connectivity index (χ4v) is 3.02. The van der Waals surface area contributed by atoms with Crippen molar-refractivity contribution in [1.29, 1.82) is 0 Å². The van der Waals surface area contributed by atoms with Crippen LogP contribution in [0.3, 0.4) is 0 Å². The smallest absolute Gasteiger partial charge is 0.326 e. The molecule has 0 aromatic rings. The van der Waals surface area contributed by atoms with Crippen LogP contribution in [0.25, 0.3) is 0 Å². The quantitative estimate of drug-likeness (QED) is 0.0592. The standard InChI is InChI=1S/C22H42N8O6/c1-5-13(4)18(23)20(34)30-15(9-12(2)3)19(33)28-10-16(31)27-11-17(32)29-14(21(35)36)7-6-8-26-22(24)25/h12-15,18H,5-11,23H2,1-4H3,(H,27,31)(H,28,33)(H,29,32)(H,30,34)(H,35,36)(H4,24,25,26)/t13-,14-,15-,18-/m0/s1. The van der Waals surface area contributed by atoms with Crippen molar-refractivity contribution in [3.05, 3.63) is 0 Å². The van der Waals surface area contributed by atoms with Gasteiger partial charge in [-0.15, -0.1) is 0 Å². The summed E-state index contributed by atoms with van der Waals surface area (Å²) in [5.74, 6) is -3.72. The molecule has 0 bridgehead atoms. The van der Waals surface area contributed by atoms with Crippen molar-refractivity contribution in [1.82, 2.24) is 21.3 Å². The lowest BCUT2D eigenvalue weighted by Gasteiger charge is -2.24. The number of aliphatic imine (C=N–C) groups is 1. The Hall–Kier alpha value is -3.42. The van der Waals surface area contributed by atoms with Gasteiger partial charge in [0.15, 0.2) is 5.96 Å². The number of rotatable bonds is 17. The maximum absolute atomic E-state index is 12.6. The third-order valence-corrected chi connectivity index (χ3v) is 5.35. The van der Waals surface area contributed by atoms with Crippen LogP contribution < -0.4 is 38.5 Å². The molecule has 0 unspecified atom stereocenters. The topological polar surface area (TPSA) is 244 Å². The molecule has 0 aromatic heterocycles. The molecule has 0 spiro atoms. The van der Waals surface area contributed by atoms with E-state index in [1.807, 2.05) is 27.7 Å². The second-order valence-corrected chi connectivity index (χ2v) is 9.00. The van der Waals surface area contributed by atoms with E-state index in [9.17, 15) is 29.1 Å². The molecule has 206 valence electrons. The average molecular weight is 515 g/mol. The summed E-state index contributed by atoms with van der Waals surface area (Å²) in [5.41, 5.74) is 16.3. The molecule has 0 aromatic carbocycles. The molecule has 0 heterocycles. The fraction of sp³-hybridized carbons (Fsp3) is 0.727. The van der Waals surface area contributed by atoms with E-state index in [-0.39, 0.29) is 30.8 Å². The number of carbonyl (C=O) groups excluding carboxylic acids is 4. The maximum atomic E-state index is 12.6. The molecule has 14 heteroatoms. The van der Waals surface area contributed by atoms with Crippen molar-refractivity contribution in [2.75, 3.05) is 19.6 Å². The molecule has 4 atom stereocenters. The summed E-state index contributed by atoms with van der Waals surface area (Å²) >= 11 is 0. The Morgan fingerprint density at radius 2 is 1.50 bits per heavy atom. The van der Waals surface area contributed by atoms with Crippen LogP contribution in [0, 0.1) is 11.8 Å². The molecule has 0 saturated carbocycles. The monoisotopic (exact) mass is 514 g/mol. The van der Waals surface area contributed by atoms with Crippen molar-refractivity contribution >= 4 is 35.6 Å². The summed E-state index contributed by atoms with van der Waals surface area (Å²) in [6.45, 7) is 6.81. The number of carboxylic acid groups (broad SMARTS) is 1. The predicted octanol–water partition coefficient (Wildman–Crippen LogP) is -2.25. The molecule has 0 radical (unpaired) electrons. The average Bonchev–Trinajstić information content (AvgIpc) is 2.80. The molecule has 0 aliphatic heterocycles. The van der Waals surface area contributed by atoms with Crippen LogP contribution in [0.5, 0.6) is 0 Å². The van der Waals surface area contributed by atoms with Gasteiger partial charge in [-0.3, -0.25) is 24.2 Å². The normalized spacial score (nSPS) is 14.1. The Bertz CT molecular complexity index is 785. The highest BCUT2D eigenvalue weighted by molar-refractivity contribution is 5.93. The molecule has 0 rings (SSSR count). The van der Waals surface area contributed by atoms with E-state index in [0.29, 0.717) is 19.3 Å².